The first-order chi connectivity index (χ1) is 17.9. The fourth-order valence-electron chi connectivity index (χ4n) is 4.79. The van der Waals surface area contributed by atoms with E-state index in [-0.39, 0.29) is 11.9 Å². The van der Waals surface area contributed by atoms with Crippen LogP contribution in [0.4, 0.5) is 10.5 Å². The lowest BCUT2D eigenvalue weighted by atomic mass is 9.89. The number of likely N-dealkylation sites (tertiary alicyclic amines) is 1. The summed E-state index contributed by atoms with van der Waals surface area (Å²) in [6.07, 6.45) is 14.7. The lowest BCUT2D eigenvalue weighted by Crippen LogP contribution is -2.48. The second-order valence-electron chi connectivity index (χ2n) is 9.53. The van der Waals surface area contributed by atoms with Gasteiger partial charge in [0.15, 0.2) is 0 Å². The number of carbonyl (C=O) groups is 2. The normalized spacial score (nSPS) is 23.5. The van der Waals surface area contributed by atoms with E-state index in [1.54, 1.807) is 19.3 Å². The molecule has 1 fully saturated rings. The number of hydrogen-bond donors (Lipinski definition) is 4. The molecule has 2 amide bonds. The third kappa shape index (κ3) is 6.89. The van der Waals surface area contributed by atoms with Crippen molar-refractivity contribution >= 4 is 24.0 Å². The number of hydrogen-bond acceptors (Lipinski definition) is 7. The van der Waals surface area contributed by atoms with Crippen molar-refractivity contribution in [3.63, 3.8) is 0 Å². The molecule has 0 aromatic heterocycles. The van der Waals surface area contributed by atoms with Crippen LogP contribution in [0.25, 0.3) is 0 Å². The summed E-state index contributed by atoms with van der Waals surface area (Å²) in [6, 6.07) is 7.75. The largest absolute Gasteiger partial charge is 0.463 e. The van der Waals surface area contributed by atoms with E-state index in [2.05, 4.69) is 38.0 Å². The molecule has 0 radical (unpaired) electrons. The zero-order valence-corrected chi connectivity index (χ0v) is 21.5. The molecule has 1 aromatic carbocycles. The Morgan fingerprint density at radius 2 is 2.19 bits per heavy atom. The van der Waals surface area contributed by atoms with Gasteiger partial charge in [0, 0.05) is 42.0 Å². The van der Waals surface area contributed by atoms with Gasteiger partial charge in [-0.3, -0.25) is 0 Å². The number of allylic oxidation sites excluding steroid dienone is 3. The molecule has 9 nitrogen and oxygen atoms in total. The van der Waals surface area contributed by atoms with Gasteiger partial charge in [-0.1, -0.05) is 24.3 Å². The maximum absolute atomic E-state index is 12.5. The van der Waals surface area contributed by atoms with Gasteiger partial charge in [0.1, 0.15) is 11.5 Å². The van der Waals surface area contributed by atoms with Crippen molar-refractivity contribution < 1.29 is 14.3 Å². The number of aliphatic imine (C=N–C) groups is 1. The Balaban J connectivity index is 1.48. The first-order valence-corrected chi connectivity index (χ1v) is 12.8. The fourth-order valence-corrected chi connectivity index (χ4v) is 4.79. The minimum atomic E-state index is -0.976. The van der Waals surface area contributed by atoms with Crippen LogP contribution in [-0.2, 0) is 9.53 Å². The van der Waals surface area contributed by atoms with E-state index < -0.39 is 11.6 Å². The summed E-state index contributed by atoms with van der Waals surface area (Å²) >= 11 is 0. The molecule has 4 rings (SSSR count). The number of nitrogens with two attached hydrogens (primary N) is 1. The standard InChI is InChI=1S/C28H36N6O3/c1-3-37-25(35)15-14-24-26(30-19-31-28(24,2)29)34-16-8-10-21(18-34)20-9-7-13-23(17-20)33-27(36)32-22-11-5-4-6-12-22/h5,7,9,11-15,17,19,21H,3-4,6,8,10,16,18,29H2,1-2H3,(H,30,31)(H2,32,33,36). The average Bonchev–Trinajstić information content (AvgIpc) is 2.88. The number of piperidine rings is 1. The Hall–Kier alpha value is -3.85. The highest BCUT2D eigenvalue weighted by Gasteiger charge is 2.32. The summed E-state index contributed by atoms with van der Waals surface area (Å²) < 4.78 is 5.04. The van der Waals surface area contributed by atoms with Gasteiger partial charge in [-0.2, -0.15) is 0 Å². The van der Waals surface area contributed by atoms with Crippen LogP contribution in [0.1, 0.15) is 51.0 Å². The molecule has 0 bridgehead atoms. The number of nitrogens with one attached hydrogen (secondary N) is 3. The van der Waals surface area contributed by atoms with Crippen molar-refractivity contribution in [1.82, 2.24) is 15.5 Å². The minimum absolute atomic E-state index is 0.253. The number of ether oxygens (including phenoxy) is 1. The SMILES string of the molecule is CCOC(=O)C=CC1=C(N2CCCC(c3cccc(NC(=O)NC4=CCCC=C4)c3)C2)NC=NC1(C)N. The second kappa shape index (κ2) is 11.9. The zero-order valence-electron chi connectivity index (χ0n) is 21.5. The van der Waals surface area contributed by atoms with Crippen molar-refractivity contribution in [3.8, 4) is 0 Å². The molecule has 3 aliphatic rings. The first kappa shape index (κ1) is 26.2. The summed E-state index contributed by atoms with van der Waals surface area (Å²) in [6.45, 7) is 5.50. The van der Waals surface area contributed by atoms with Crippen molar-refractivity contribution in [1.29, 1.82) is 0 Å². The van der Waals surface area contributed by atoms with Gasteiger partial charge in [0.2, 0.25) is 0 Å². The summed E-state index contributed by atoms with van der Waals surface area (Å²) in [7, 11) is 0. The molecule has 2 heterocycles. The number of amides is 2. The van der Waals surface area contributed by atoms with E-state index in [0.29, 0.717) is 6.61 Å². The molecule has 0 saturated carbocycles. The topological polar surface area (TPSA) is 121 Å². The molecule has 1 saturated heterocycles. The van der Waals surface area contributed by atoms with Gasteiger partial charge in [-0.25, -0.2) is 14.6 Å². The first-order valence-electron chi connectivity index (χ1n) is 12.8. The number of rotatable bonds is 7. The highest BCUT2D eigenvalue weighted by molar-refractivity contribution is 5.90. The zero-order chi connectivity index (χ0) is 26.3. The molecule has 1 aromatic rings. The molecular weight excluding hydrogens is 468 g/mol. The summed E-state index contributed by atoms with van der Waals surface area (Å²) in [5.41, 5.74) is 8.95. The second-order valence-corrected chi connectivity index (χ2v) is 9.53. The molecule has 2 aliphatic heterocycles. The minimum Gasteiger partial charge on any atom is -0.463 e. The highest BCUT2D eigenvalue weighted by Crippen LogP contribution is 2.32. The van der Waals surface area contributed by atoms with Gasteiger partial charge < -0.3 is 31.3 Å². The number of urea groups is 1. The summed E-state index contributed by atoms with van der Waals surface area (Å²) in [5.74, 6) is 0.683. The van der Waals surface area contributed by atoms with Gasteiger partial charge in [0.05, 0.1) is 12.9 Å². The Morgan fingerprint density at radius 1 is 1.32 bits per heavy atom. The van der Waals surface area contributed by atoms with Crippen molar-refractivity contribution in [2.45, 2.75) is 51.1 Å². The van der Waals surface area contributed by atoms with Gasteiger partial charge in [-0.15, -0.1) is 0 Å². The Labute approximate surface area is 218 Å². The number of nitrogens with zero attached hydrogens (tertiary/aromatic N) is 2. The fraction of sp³-hybridized carbons (Fsp3) is 0.393. The molecule has 5 N–H and O–H groups in total. The van der Waals surface area contributed by atoms with E-state index in [0.717, 1.165) is 67.1 Å². The number of carbonyl (C=O) groups excluding carboxylic acids is 2. The van der Waals surface area contributed by atoms with Gasteiger partial charge in [0.25, 0.3) is 0 Å². The monoisotopic (exact) mass is 504 g/mol. The van der Waals surface area contributed by atoms with Crippen LogP contribution < -0.4 is 21.7 Å². The average molecular weight is 505 g/mol. The lowest BCUT2D eigenvalue weighted by molar-refractivity contribution is -0.137. The predicted molar refractivity (Wildman–Crippen MR) is 146 cm³/mol. The number of benzene rings is 1. The number of esters is 1. The van der Waals surface area contributed by atoms with Crippen LogP contribution in [0.2, 0.25) is 0 Å². The molecule has 1 aliphatic carbocycles. The molecule has 2 unspecified atom stereocenters. The quantitative estimate of drug-likeness (QED) is 0.331. The third-order valence-electron chi connectivity index (χ3n) is 6.61. The smallest absolute Gasteiger partial charge is 0.330 e. The molecule has 9 heteroatoms. The molecule has 2 atom stereocenters. The predicted octanol–water partition coefficient (Wildman–Crippen LogP) is 3.86. The van der Waals surface area contributed by atoms with E-state index in [4.69, 9.17) is 10.5 Å². The van der Waals surface area contributed by atoms with Crippen LogP contribution in [0.15, 0.2) is 76.7 Å². The van der Waals surface area contributed by atoms with Gasteiger partial charge >= 0.3 is 12.0 Å². The molecular formula is C28H36N6O3. The maximum Gasteiger partial charge on any atom is 0.330 e. The van der Waals surface area contributed by atoms with Gasteiger partial charge in [-0.05, 0) is 69.4 Å². The van der Waals surface area contributed by atoms with Crippen LogP contribution in [0, 0.1) is 0 Å². The molecule has 196 valence electrons. The maximum atomic E-state index is 12.5. The Morgan fingerprint density at radius 3 is 2.97 bits per heavy atom. The summed E-state index contributed by atoms with van der Waals surface area (Å²) in [4.78, 5) is 31.1. The van der Waals surface area contributed by atoms with E-state index in [1.165, 1.54) is 6.08 Å². The Bertz CT molecular complexity index is 1160. The van der Waals surface area contributed by atoms with E-state index >= 15 is 0 Å². The van der Waals surface area contributed by atoms with Crippen LogP contribution in [-0.4, -0.2) is 48.6 Å². The Kier molecular flexibility index (Phi) is 8.45. The van der Waals surface area contributed by atoms with Crippen molar-refractivity contribution in [2.75, 3.05) is 25.0 Å². The van der Waals surface area contributed by atoms with Crippen molar-refractivity contribution in [3.05, 3.63) is 77.3 Å². The van der Waals surface area contributed by atoms with Crippen LogP contribution in [0.3, 0.4) is 0 Å². The van der Waals surface area contributed by atoms with E-state index in [1.807, 2.05) is 37.3 Å². The molecule has 37 heavy (non-hydrogen) atoms. The van der Waals surface area contributed by atoms with Crippen molar-refractivity contribution in [2.24, 2.45) is 10.7 Å². The highest BCUT2D eigenvalue weighted by atomic mass is 16.5. The number of anilines is 1. The van der Waals surface area contributed by atoms with Crippen LogP contribution in [0.5, 0.6) is 0 Å². The lowest BCUT2D eigenvalue weighted by Gasteiger charge is -2.40. The van der Waals surface area contributed by atoms with Crippen LogP contribution >= 0.6 is 0 Å². The van der Waals surface area contributed by atoms with E-state index in [9.17, 15) is 9.59 Å². The third-order valence-corrected chi connectivity index (χ3v) is 6.61. The molecule has 0 spiro atoms. The summed E-state index contributed by atoms with van der Waals surface area (Å²) in [5, 5.41) is 9.10.